The van der Waals surface area contributed by atoms with Crippen LogP contribution in [0.4, 0.5) is 0 Å². The van der Waals surface area contributed by atoms with Gasteiger partial charge in [0.15, 0.2) is 0 Å². The highest BCUT2D eigenvalue weighted by atomic mass is 16.4. The highest BCUT2D eigenvalue weighted by Crippen LogP contribution is 2.30. The number of nitrogens with zero attached hydrogens (tertiary/aromatic N) is 3. The zero-order valence-electron chi connectivity index (χ0n) is 14.7. The standard InChI is InChI=1S/C19H29N3O2/c1-14-12-16(9-10-18(23)24)21-19(20-14)15-6-5-11-22(13-15)17-7-3-2-4-8-17/h12,15,17H,2-11,13H2,1H3,(H,23,24)/t15-/m0/s1. The Bertz CT molecular complexity index is 570. The number of piperidine rings is 1. The average Bonchev–Trinajstić information content (AvgIpc) is 2.60. The van der Waals surface area contributed by atoms with Crippen LogP contribution in [0.25, 0.3) is 0 Å². The summed E-state index contributed by atoms with van der Waals surface area (Å²) in [7, 11) is 0. The van der Waals surface area contributed by atoms with Crippen LogP contribution < -0.4 is 0 Å². The Morgan fingerprint density at radius 2 is 2.00 bits per heavy atom. The summed E-state index contributed by atoms with van der Waals surface area (Å²) in [6, 6.07) is 2.67. The third kappa shape index (κ3) is 4.53. The number of carboxylic acid groups (broad SMARTS) is 1. The van der Waals surface area contributed by atoms with Crippen molar-refractivity contribution in [2.24, 2.45) is 0 Å². The van der Waals surface area contributed by atoms with Crippen molar-refractivity contribution in [3.05, 3.63) is 23.3 Å². The van der Waals surface area contributed by atoms with Crippen LogP contribution in [0, 0.1) is 6.92 Å². The first-order valence-electron chi connectivity index (χ1n) is 9.42. The Balaban J connectivity index is 1.69. The van der Waals surface area contributed by atoms with Gasteiger partial charge in [-0.2, -0.15) is 0 Å². The minimum Gasteiger partial charge on any atom is -0.481 e. The number of aromatic nitrogens is 2. The van der Waals surface area contributed by atoms with E-state index in [0.29, 0.717) is 12.3 Å². The van der Waals surface area contributed by atoms with Gasteiger partial charge in [0.2, 0.25) is 0 Å². The summed E-state index contributed by atoms with van der Waals surface area (Å²) >= 11 is 0. The van der Waals surface area contributed by atoms with Gasteiger partial charge in [-0.25, -0.2) is 9.97 Å². The van der Waals surface area contributed by atoms with Crippen LogP contribution in [0.1, 0.15) is 74.5 Å². The molecular weight excluding hydrogens is 302 g/mol. The Labute approximate surface area is 144 Å². The molecular formula is C19H29N3O2. The molecule has 1 aliphatic heterocycles. The molecule has 1 aromatic heterocycles. The summed E-state index contributed by atoms with van der Waals surface area (Å²) in [6.45, 7) is 4.25. The number of aliphatic carboxylic acids is 1. The molecule has 0 amide bonds. The van der Waals surface area contributed by atoms with Crippen molar-refractivity contribution < 1.29 is 9.90 Å². The van der Waals surface area contributed by atoms with E-state index in [2.05, 4.69) is 9.88 Å². The molecule has 0 unspecified atom stereocenters. The molecule has 0 spiro atoms. The minimum absolute atomic E-state index is 0.134. The maximum Gasteiger partial charge on any atom is 0.303 e. The fourth-order valence-corrected chi connectivity index (χ4v) is 4.20. The molecule has 1 atom stereocenters. The maximum atomic E-state index is 10.8. The zero-order chi connectivity index (χ0) is 16.9. The number of carboxylic acids is 1. The molecule has 24 heavy (non-hydrogen) atoms. The number of hydrogen-bond acceptors (Lipinski definition) is 4. The Morgan fingerprint density at radius 3 is 2.75 bits per heavy atom. The first kappa shape index (κ1) is 17.3. The fourth-order valence-electron chi connectivity index (χ4n) is 4.20. The second kappa shape index (κ2) is 8.06. The average molecular weight is 331 g/mol. The van der Waals surface area contributed by atoms with Gasteiger partial charge in [0.25, 0.3) is 0 Å². The molecule has 5 heteroatoms. The van der Waals surface area contributed by atoms with Crippen LogP contribution in [0.3, 0.4) is 0 Å². The van der Waals surface area contributed by atoms with E-state index in [-0.39, 0.29) is 6.42 Å². The molecule has 0 aromatic carbocycles. The van der Waals surface area contributed by atoms with Crippen LogP contribution in [-0.4, -0.2) is 45.1 Å². The lowest BCUT2D eigenvalue weighted by molar-refractivity contribution is -0.136. The Hall–Kier alpha value is -1.49. The monoisotopic (exact) mass is 331 g/mol. The number of rotatable bonds is 5. The molecule has 1 aromatic rings. The highest BCUT2D eigenvalue weighted by Gasteiger charge is 2.29. The van der Waals surface area contributed by atoms with E-state index in [4.69, 9.17) is 10.1 Å². The highest BCUT2D eigenvalue weighted by molar-refractivity contribution is 5.66. The summed E-state index contributed by atoms with van der Waals surface area (Å²) in [6.07, 6.45) is 9.78. The van der Waals surface area contributed by atoms with Gasteiger partial charge in [-0.3, -0.25) is 9.69 Å². The predicted molar refractivity (Wildman–Crippen MR) is 93.1 cm³/mol. The van der Waals surface area contributed by atoms with Crippen molar-refractivity contribution in [1.82, 2.24) is 14.9 Å². The molecule has 2 fully saturated rings. The van der Waals surface area contributed by atoms with Crippen molar-refractivity contribution in [3.8, 4) is 0 Å². The van der Waals surface area contributed by atoms with E-state index in [0.717, 1.165) is 36.2 Å². The smallest absolute Gasteiger partial charge is 0.303 e. The summed E-state index contributed by atoms with van der Waals surface area (Å²) in [5.74, 6) is 0.550. The number of hydrogen-bond donors (Lipinski definition) is 1. The van der Waals surface area contributed by atoms with E-state index in [1.165, 1.54) is 45.1 Å². The Morgan fingerprint density at radius 1 is 1.21 bits per heavy atom. The third-order valence-electron chi connectivity index (χ3n) is 5.43. The van der Waals surface area contributed by atoms with Crippen LogP contribution in [0.2, 0.25) is 0 Å². The molecule has 1 N–H and O–H groups in total. The molecule has 132 valence electrons. The number of likely N-dealkylation sites (tertiary alicyclic amines) is 1. The van der Waals surface area contributed by atoms with Gasteiger partial charge in [-0.15, -0.1) is 0 Å². The van der Waals surface area contributed by atoms with Crippen molar-refractivity contribution in [2.45, 2.75) is 76.7 Å². The summed E-state index contributed by atoms with van der Waals surface area (Å²) in [4.78, 5) is 22.9. The third-order valence-corrected chi connectivity index (χ3v) is 5.43. The topological polar surface area (TPSA) is 66.3 Å². The van der Waals surface area contributed by atoms with Gasteiger partial charge in [-0.1, -0.05) is 19.3 Å². The lowest BCUT2D eigenvalue weighted by Gasteiger charge is -2.39. The lowest BCUT2D eigenvalue weighted by Crippen LogP contribution is -2.43. The van der Waals surface area contributed by atoms with Gasteiger partial charge in [0.1, 0.15) is 5.82 Å². The molecule has 3 rings (SSSR count). The molecule has 5 nitrogen and oxygen atoms in total. The van der Waals surface area contributed by atoms with Crippen LogP contribution in [0.15, 0.2) is 6.07 Å². The van der Waals surface area contributed by atoms with Crippen molar-refractivity contribution >= 4 is 5.97 Å². The molecule has 1 aliphatic carbocycles. The second-order valence-corrected chi connectivity index (χ2v) is 7.38. The molecule has 1 saturated carbocycles. The second-order valence-electron chi connectivity index (χ2n) is 7.38. The number of aryl methyl sites for hydroxylation is 2. The Kier molecular flexibility index (Phi) is 5.82. The molecule has 2 aliphatic rings. The van der Waals surface area contributed by atoms with Crippen molar-refractivity contribution in [1.29, 1.82) is 0 Å². The SMILES string of the molecule is Cc1cc(CCC(=O)O)nc([C@H]2CCCN(C3CCCCC3)C2)n1. The minimum atomic E-state index is -0.769. The summed E-state index contributed by atoms with van der Waals surface area (Å²) in [5.41, 5.74) is 1.82. The van der Waals surface area contributed by atoms with Crippen LogP contribution in [0.5, 0.6) is 0 Å². The van der Waals surface area contributed by atoms with Gasteiger partial charge in [0.05, 0.1) is 6.42 Å². The van der Waals surface area contributed by atoms with Crippen LogP contribution in [-0.2, 0) is 11.2 Å². The largest absolute Gasteiger partial charge is 0.481 e. The molecule has 2 heterocycles. The normalized spacial score (nSPS) is 23.3. The fraction of sp³-hybridized carbons (Fsp3) is 0.737. The molecule has 0 radical (unpaired) electrons. The van der Waals surface area contributed by atoms with Crippen molar-refractivity contribution in [2.75, 3.05) is 13.1 Å². The van der Waals surface area contributed by atoms with E-state index >= 15 is 0 Å². The first-order chi connectivity index (χ1) is 11.6. The van der Waals surface area contributed by atoms with Crippen molar-refractivity contribution in [3.63, 3.8) is 0 Å². The number of carbonyl (C=O) groups is 1. The van der Waals surface area contributed by atoms with Gasteiger partial charge in [0, 0.05) is 36.3 Å². The quantitative estimate of drug-likeness (QED) is 0.896. The van der Waals surface area contributed by atoms with Gasteiger partial charge < -0.3 is 5.11 Å². The van der Waals surface area contributed by atoms with E-state index in [1.807, 2.05) is 13.0 Å². The molecule has 0 bridgehead atoms. The first-order valence-corrected chi connectivity index (χ1v) is 9.42. The maximum absolute atomic E-state index is 10.8. The van der Waals surface area contributed by atoms with Gasteiger partial charge >= 0.3 is 5.97 Å². The molecule has 1 saturated heterocycles. The van der Waals surface area contributed by atoms with Gasteiger partial charge in [-0.05, 0) is 45.2 Å². The van der Waals surface area contributed by atoms with E-state index in [1.54, 1.807) is 0 Å². The summed E-state index contributed by atoms with van der Waals surface area (Å²) in [5, 5.41) is 8.89. The summed E-state index contributed by atoms with van der Waals surface area (Å²) < 4.78 is 0. The zero-order valence-corrected chi connectivity index (χ0v) is 14.7. The van der Waals surface area contributed by atoms with E-state index < -0.39 is 5.97 Å². The van der Waals surface area contributed by atoms with Crippen LogP contribution >= 0.6 is 0 Å². The predicted octanol–water partition coefficient (Wildman–Crippen LogP) is 3.31. The van der Waals surface area contributed by atoms with E-state index in [9.17, 15) is 4.79 Å². The lowest BCUT2D eigenvalue weighted by atomic mass is 9.90.